The molecule has 2 bridgehead atoms. The standard InChI is InChI=1S/C15H27N3O/c1-17-13-5-6-14(17)10-18(8-7-13)15(19)11-3-2-4-12(16)9-11/h11-14H,2-10,16H2,1H3. The van der Waals surface area contributed by atoms with Crippen molar-refractivity contribution in [2.45, 2.75) is 63.1 Å². The van der Waals surface area contributed by atoms with Crippen LogP contribution in [0.3, 0.4) is 0 Å². The molecule has 0 aromatic carbocycles. The second kappa shape index (κ2) is 5.41. The first kappa shape index (κ1) is 13.4. The lowest BCUT2D eigenvalue weighted by Gasteiger charge is -2.32. The molecule has 2 saturated heterocycles. The number of likely N-dealkylation sites (tertiary alicyclic amines) is 1. The number of amides is 1. The molecule has 19 heavy (non-hydrogen) atoms. The van der Waals surface area contributed by atoms with E-state index < -0.39 is 0 Å². The lowest BCUT2D eigenvalue weighted by molar-refractivity contribution is -0.137. The minimum absolute atomic E-state index is 0.200. The maximum absolute atomic E-state index is 12.7. The third-order valence-corrected chi connectivity index (χ3v) is 5.52. The average molecular weight is 265 g/mol. The molecule has 108 valence electrons. The Morgan fingerprint density at radius 3 is 2.68 bits per heavy atom. The second-order valence-electron chi connectivity index (χ2n) is 6.75. The van der Waals surface area contributed by atoms with Gasteiger partial charge in [0.1, 0.15) is 0 Å². The fourth-order valence-corrected chi connectivity index (χ4v) is 4.22. The number of hydrogen-bond donors (Lipinski definition) is 1. The van der Waals surface area contributed by atoms with Crippen molar-refractivity contribution in [3.8, 4) is 0 Å². The van der Waals surface area contributed by atoms with Crippen LogP contribution in [0.15, 0.2) is 0 Å². The zero-order valence-corrected chi connectivity index (χ0v) is 12.1. The van der Waals surface area contributed by atoms with Gasteiger partial charge in [0.15, 0.2) is 0 Å². The summed E-state index contributed by atoms with van der Waals surface area (Å²) in [5.41, 5.74) is 6.03. The quantitative estimate of drug-likeness (QED) is 0.775. The summed E-state index contributed by atoms with van der Waals surface area (Å²) in [7, 11) is 2.23. The van der Waals surface area contributed by atoms with Gasteiger partial charge in [-0.15, -0.1) is 0 Å². The molecule has 0 spiro atoms. The molecule has 2 heterocycles. The smallest absolute Gasteiger partial charge is 0.225 e. The van der Waals surface area contributed by atoms with Crippen LogP contribution < -0.4 is 5.73 Å². The number of rotatable bonds is 1. The van der Waals surface area contributed by atoms with Gasteiger partial charge in [-0.1, -0.05) is 6.42 Å². The Hall–Kier alpha value is -0.610. The van der Waals surface area contributed by atoms with Crippen LogP contribution in [0.25, 0.3) is 0 Å². The van der Waals surface area contributed by atoms with Gasteiger partial charge in [0.05, 0.1) is 0 Å². The Morgan fingerprint density at radius 1 is 1.11 bits per heavy atom. The van der Waals surface area contributed by atoms with Gasteiger partial charge in [-0.3, -0.25) is 9.69 Å². The molecule has 4 atom stereocenters. The van der Waals surface area contributed by atoms with Crippen LogP contribution in [0.2, 0.25) is 0 Å². The largest absolute Gasteiger partial charge is 0.341 e. The van der Waals surface area contributed by atoms with Crippen molar-refractivity contribution in [2.24, 2.45) is 11.7 Å². The van der Waals surface area contributed by atoms with Crippen molar-refractivity contribution in [1.29, 1.82) is 0 Å². The second-order valence-corrected chi connectivity index (χ2v) is 6.75. The van der Waals surface area contributed by atoms with E-state index in [1.807, 2.05) is 0 Å². The highest BCUT2D eigenvalue weighted by atomic mass is 16.2. The van der Waals surface area contributed by atoms with Gasteiger partial charge < -0.3 is 10.6 Å². The fraction of sp³-hybridized carbons (Fsp3) is 0.933. The summed E-state index contributed by atoms with van der Waals surface area (Å²) >= 11 is 0. The predicted octanol–water partition coefficient (Wildman–Crippen LogP) is 1.20. The average Bonchev–Trinajstić information content (AvgIpc) is 2.62. The third kappa shape index (κ3) is 2.65. The van der Waals surface area contributed by atoms with Crippen molar-refractivity contribution in [3.63, 3.8) is 0 Å². The number of nitrogens with two attached hydrogens (primary N) is 1. The number of carbonyl (C=O) groups excluding carboxylic acids is 1. The Kier molecular flexibility index (Phi) is 3.81. The zero-order valence-electron chi connectivity index (χ0n) is 12.1. The van der Waals surface area contributed by atoms with Crippen molar-refractivity contribution in [1.82, 2.24) is 9.80 Å². The highest BCUT2D eigenvalue weighted by molar-refractivity contribution is 5.79. The van der Waals surface area contributed by atoms with E-state index in [0.717, 1.165) is 45.2 Å². The van der Waals surface area contributed by atoms with Crippen LogP contribution in [-0.2, 0) is 4.79 Å². The summed E-state index contributed by atoms with van der Waals surface area (Å²) in [4.78, 5) is 17.3. The number of carbonyl (C=O) groups is 1. The van der Waals surface area contributed by atoms with Gasteiger partial charge in [0.25, 0.3) is 0 Å². The first-order chi connectivity index (χ1) is 9.15. The lowest BCUT2D eigenvalue weighted by atomic mass is 9.85. The van der Waals surface area contributed by atoms with Crippen molar-refractivity contribution in [3.05, 3.63) is 0 Å². The minimum Gasteiger partial charge on any atom is -0.341 e. The van der Waals surface area contributed by atoms with E-state index in [0.29, 0.717) is 18.0 Å². The van der Waals surface area contributed by atoms with Crippen LogP contribution >= 0.6 is 0 Å². The van der Waals surface area contributed by atoms with E-state index in [1.165, 1.54) is 12.8 Å². The zero-order chi connectivity index (χ0) is 13.4. The minimum atomic E-state index is 0.200. The molecular weight excluding hydrogens is 238 g/mol. The van der Waals surface area contributed by atoms with Gasteiger partial charge in [-0.25, -0.2) is 0 Å². The van der Waals surface area contributed by atoms with Gasteiger partial charge in [-0.05, 0) is 45.6 Å². The van der Waals surface area contributed by atoms with Crippen LogP contribution in [0.4, 0.5) is 0 Å². The number of fused-ring (bicyclic) bond motifs is 2. The molecule has 4 unspecified atom stereocenters. The molecule has 0 radical (unpaired) electrons. The first-order valence-electron chi connectivity index (χ1n) is 7.91. The van der Waals surface area contributed by atoms with Gasteiger partial charge in [-0.2, -0.15) is 0 Å². The molecular formula is C15H27N3O. The Balaban J connectivity index is 1.64. The van der Waals surface area contributed by atoms with E-state index in [2.05, 4.69) is 16.8 Å². The Morgan fingerprint density at radius 2 is 1.89 bits per heavy atom. The van der Waals surface area contributed by atoms with Gasteiger partial charge in [0.2, 0.25) is 5.91 Å². The molecule has 0 aromatic rings. The SMILES string of the molecule is CN1C2CCC1CN(C(=O)C1CCCC(N)C1)CC2. The molecule has 1 saturated carbocycles. The fourth-order valence-electron chi connectivity index (χ4n) is 4.22. The molecule has 4 nitrogen and oxygen atoms in total. The van der Waals surface area contributed by atoms with Gasteiger partial charge >= 0.3 is 0 Å². The third-order valence-electron chi connectivity index (χ3n) is 5.52. The summed E-state index contributed by atoms with van der Waals surface area (Å²) in [6, 6.07) is 1.54. The van der Waals surface area contributed by atoms with Crippen LogP contribution in [0, 0.1) is 5.92 Å². The molecule has 3 rings (SSSR count). The molecule has 3 fully saturated rings. The van der Waals surface area contributed by atoms with Crippen LogP contribution in [0.1, 0.15) is 44.9 Å². The molecule has 4 heteroatoms. The van der Waals surface area contributed by atoms with E-state index >= 15 is 0 Å². The molecule has 2 aliphatic heterocycles. The maximum Gasteiger partial charge on any atom is 0.225 e. The summed E-state index contributed by atoms with van der Waals surface area (Å²) < 4.78 is 0. The highest BCUT2D eigenvalue weighted by Gasteiger charge is 2.38. The van der Waals surface area contributed by atoms with E-state index in [1.54, 1.807) is 0 Å². The molecule has 2 N–H and O–H groups in total. The first-order valence-corrected chi connectivity index (χ1v) is 7.91. The molecule has 1 aliphatic carbocycles. The van der Waals surface area contributed by atoms with Crippen molar-refractivity contribution < 1.29 is 4.79 Å². The number of nitrogens with zero attached hydrogens (tertiary/aromatic N) is 2. The molecule has 3 aliphatic rings. The van der Waals surface area contributed by atoms with Crippen molar-refractivity contribution in [2.75, 3.05) is 20.1 Å². The van der Waals surface area contributed by atoms with E-state index in [-0.39, 0.29) is 12.0 Å². The van der Waals surface area contributed by atoms with Gasteiger partial charge in [0, 0.05) is 37.1 Å². The summed E-state index contributed by atoms with van der Waals surface area (Å²) in [5, 5.41) is 0. The highest BCUT2D eigenvalue weighted by Crippen LogP contribution is 2.31. The molecule has 1 amide bonds. The van der Waals surface area contributed by atoms with Crippen LogP contribution in [-0.4, -0.2) is 54.0 Å². The van der Waals surface area contributed by atoms with E-state index in [4.69, 9.17) is 5.73 Å². The van der Waals surface area contributed by atoms with Crippen LogP contribution in [0.5, 0.6) is 0 Å². The summed E-state index contributed by atoms with van der Waals surface area (Å²) in [6.45, 7) is 1.90. The topological polar surface area (TPSA) is 49.6 Å². The number of hydrogen-bond acceptors (Lipinski definition) is 3. The lowest BCUT2D eigenvalue weighted by Crippen LogP contribution is -2.44. The van der Waals surface area contributed by atoms with Crippen molar-refractivity contribution >= 4 is 5.91 Å². The Labute approximate surface area is 116 Å². The summed E-state index contributed by atoms with van der Waals surface area (Å²) in [5.74, 6) is 0.585. The normalized spacial score (nSPS) is 40.2. The molecule has 0 aromatic heterocycles. The van der Waals surface area contributed by atoms with E-state index in [9.17, 15) is 4.79 Å². The summed E-state index contributed by atoms with van der Waals surface area (Å²) in [6.07, 6.45) is 7.89. The monoisotopic (exact) mass is 265 g/mol. The Bertz CT molecular complexity index is 346. The number of likely N-dealkylation sites (N-methyl/N-ethyl adjacent to an activating group) is 1. The predicted molar refractivity (Wildman–Crippen MR) is 75.7 cm³/mol. The maximum atomic E-state index is 12.7.